The Morgan fingerprint density at radius 3 is 2.84 bits per heavy atom. The first kappa shape index (κ1) is 12.4. The highest BCUT2D eigenvalue weighted by Gasteiger charge is 2.19. The van der Waals surface area contributed by atoms with Crippen LogP contribution in [-0.4, -0.2) is 35.6 Å². The number of nitrogens with zero attached hydrogens (tertiary/aromatic N) is 3. The molecule has 1 fully saturated rings. The Bertz CT molecular complexity index is 594. The highest BCUT2D eigenvalue weighted by molar-refractivity contribution is 5.92. The summed E-state index contributed by atoms with van der Waals surface area (Å²) in [5.41, 5.74) is 3.45. The van der Waals surface area contributed by atoms with E-state index in [-0.39, 0.29) is 0 Å². The highest BCUT2D eigenvalue weighted by atomic mass is 15.3. The number of fused-ring (bicyclic) bond motifs is 1. The molecule has 1 aliphatic heterocycles. The van der Waals surface area contributed by atoms with E-state index in [0.29, 0.717) is 6.04 Å². The third kappa shape index (κ3) is 2.30. The molecule has 1 atom stereocenters. The van der Waals surface area contributed by atoms with E-state index in [1.165, 1.54) is 11.1 Å². The summed E-state index contributed by atoms with van der Waals surface area (Å²) in [6.45, 7) is 7.33. The van der Waals surface area contributed by atoms with Gasteiger partial charge in [0.05, 0.1) is 5.52 Å². The lowest BCUT2D eigenvalue weighted by Crippen LogP contribution is -2.49. The van der Waals surface area contributed by atoms with Crippen LogP contribution in [0, 0.1) is 14.0 Å². The molecule has 0 N–H and O–H groups in total. The normalized spacial score (nSPS) is 21.0. The maximum Gasteiger partial charge on any atom is 0.0726 e. The van der Waals surface area contributed by atoms with Crippen molar-refractivity contribution in [1.82, 2.24) is 9.88 Å². The Balaban J connectivity index is 2.01. The predicted molar refractivity (Wildman–Crippen MR) is 80.2 cm³/mol. The Morgan fingerprint density at radius 1 is 1.21 bits per heavy atom. The molecule has 100 valence electrons. The summed E-state index contributed by atoms with van der Waals surface area (Å²) in [4.78, 5) is 9.24. The molecule has 3 heteroatoms. The van der Waals surface area contributed by atoms with Crippen LogP contribution in [0.5, 0.6) is 0 Å². The van der Waals surface area contributed by atoms with E-state index < -0.39 is 0 Å². The number of hydrogen-bond donors (Lipinski definition) is 0. The van der Waals surface area contributed by atoms with Crippen molar-refractivity contribution in [2.45, 2.75) is 19.9 Å². The highest BCUT2D eigenvalue weighted by Crippen LogP contribution is 2.27. The van der Waals surface area contributed by atoms with Gasteiger partial charge in [0.15, 0.2) is 0 Å². The van der Waals surface area contributed by atoms with Gasteiger partial charge in [-0.3, -0.25) is 12.0 Å². The molecule has 1 aliphatic rings. The largest absolute Gasteiger partial charge is 0.454 e. The maximum absolute atomic E-state index is 4.62. The average molecular weight is 254 g/mol. The van der Waals surface area contributed by atoms with Crippen molar-refractivity contribution < 1.29 is 0 Å². The molecule has 0 amide bonds. The van der Waals surface area contributed by atoms with Crippen LogP contribution < -0.4 is 4.90 Å². The topological polar surface area (TPSA) is 19.4 Å². The minimum Gasteiger partial charge on any atom is -0.454 e. The van der Waals surface area contributed by atoms with E-state index in [0.717, 1.165) is 30.8 Å². The standard InChI is InChI=1S/C16H20N3/c1-12-7-8-14-15(17-12)5-4-6-16(14)19-10-9-18(3)13(2)11-19/h4-8,13H,3,9-11H2,1-2H3/q-1. The molecule has 0 radical (unpaired) electrons. The van der Waals surface area contributed by atoms with Gasteiger partial charge in [-0.25, -0.2) is 0 Å². The number of aryl methyl sites for hydroxylation is 1. The van der Waals surface area contributed by atoms with Gasteiger partial charge in [-0.1, -0.05) is 13.0 Å². The van der Waals surface area contributed by atoms with Crippen LogP contribution in [0.3, 0.4) is 0 Å². The summed E-state index contributed by atoms with van der Waals surface area (Å²) in [6.07, 6.45) is 0. The van der Waals surface area contributed by atoms with Crippen molar-refractivity contribution in [3.05, 3.63) is 43.1 Å². The third-order valence-corrected chi connectivity index (χ3v) is 3.95. The van der Waals surface area contributed by atoms with Crippen LogP contribution in [0.2, 0.25) is 0 Å². The monoisotopic (exact) mass is 254 g/mol. The fourth-order valence-corrected chi connectivity index (χ4v) is 2.73. The summed E-state index contributed by atoms with van der Waals surface area (Å²) in [5.74, 6) is 0. The second-order valence-electron chi connectivity index (χ2n) is 5.40. The quantitative estimate of drug-likeness (QED) is 0.729. The Kier molecular flexibility index (Phi) is 3.15. The first-order chi connectivity index (χ1) is 9.15. The molecule has 2 aromatic rings. The predicted octanol–water partition coefficient (Wildman–Crippen LogP) is 2.85. The lowest BCUT2D eigenvalue weighted by atomic mass is 10.1. The van der Waals surface area contributed by atoms with Gasteiger partial charge in [0.2, 0.25) is 0 Å². The zero-order valence-electron chi connectivity index (χ0n) is 11.6. The molecule has 1 unspecified atom stereocenters. The number of hydrogen-bond acceptors (Lipinski definition) is 3. The molecule has 3 rings (SSSR count). The van der Waals surface area contributed by atoms with Gasteiger partial charge in [0.25, 0.3) is 0 Å². The van der Waals surface area contributed by atoms with E-state index in [9.17, 15) is 0 Å². The second kappa shape index (κ2) is 4.82. The van der Waals surface area contributed by atoms with Gasteiger partial charge in [-0.05, 0) is 43.8 Å². The molecule has 19 heavy (non-hydrogen) atoms. The third-order valence-electron chi connectivity index (χ3n) is 3.95. The van der Waals surface area contributed by atoms with Crippen LogP contribution in [0.25, 0.3) is 10.9 Å². The van der Waals surface area contributed by atoms with E-state index in [2.05, 4.69) is 59.1 Å². The fourth-order valence-electron chi connectivity index (χ4n) is 2.73. The zero-order chi connectivity index (χ0) is 13.4. The average Bonchev–Trinajstić information content (AvgIpc) is 2.41. The molecule has 0 saturated carbocycles. The molecule has 2 heterocycles. The Labute approximate surface area is 114 Å². The summed E-state index contributed by atoms with van der Waals surface area (Å²) < 4.78 is 0. The van der Waals surface area contributed by atoms with Gasteiger partial charge in [0, 0.05) is 29.9 Å². The second-order valence-corrected chi connectivity index (χ2v) is 5.40. The molecule has 0 aliphatic carbocycles. The van der Waals surface area contributed by atoms with E-state index >= 15 is 0 Å². The van der Waals surface area contributed by atoms with Crippen LogP contribution in [0.1, 0.15) is 12.6 Å². The number of aromatic nitrogens is 1. The molecular formula is C16H20N3-. The Hall–Kier alpha value is -1.61. The molecule has 0 spiro atoms. The van der Waals surface area contributed by atoms with Crippen molar-refractivity contribution in [2.75, 3.05) is 24.5 Å². The number of pyridine rings is 1. The first-order valence-corrected chi connectivity index (χ1v) is 6.83. The molecule has 1 aromatic heterocycles. The number of rotatable bonds is 1. The molecule has 1 saturated heterocycles. The summed E-state index contributed by atoms with van der Waals surface area (Å²) in [6, 6.07) is 11.2. The van der Waals surface area contributed by atoms with Gasteiger partial charge >= 0.3 is 0 Å². The maximum atomic E-state index is 4.62. The van der Waals surface area contributed by atoms with Crippen molar-refractivity contribution in [1.29, 1.82) is 0 Å². The molecule has 3 nitrogen and oxygen atoms in total. The zero-order valence-corrected chi connectivity index (χ0v) is 11.6. The number of piperazine rings is 1. The summed E-state index contributed by atoms with van der Waals surface area (Å²) in [5, 5.41) is 1.25. The van der Waals surface area contributed by atoms with Crippen molar-refractivity contribution in [2.24, 2.45) is 0 Å². The number of benzene rings is 1. The van der Waals surface area contributed by atoms with Gasteiger partial charge in [-0.15, -0.1) is 0 Å². The van der Waals surface area contributed by atoms with Gasteiger partial charge in [0.1, 0.15) is 0 Å². The molecular weight excluding hydrogens is 234 g/mol. The van der Waals surface area contributed by atoms with Crippen LogP contribution in [-0.2, 0) is 0 Å². The van der Waals surface area contributed by atoms with Gasteiger partial charge in [-0.2, -0.15) is 0 Å². The van der Waals surface area contributed by atoms with Gasteiger partial charge < -0.3 is 9.80 Å². The van der Waals surface area contributed by atoms with Crippen molar-refractivity contribution in [3.63, 3.8) is 0 Å². The first-order valence-electron chi connectivity index (χ1n) is 6.83. The Morgan fingerprint density at radius 2 is 2.05 bits per heavy atom. The lowest BCUT2D eigenvalue weighted by Gasteiger charge is -2.44. The SMILES string of the molecule is [CH2-]N1CCN(c2cccc3nc(C)ccc23)CC1C. The van der Waals surface area contributed by atoms with Crippen molar-refractivity contribution in [3.8, 4) is 0 Å². The minimum atomic E-state index is 0.488. The van der Waals surface area contributed by atoms with Crippen LogP contribution in [0.15, 0.2) is 30.3 Å². The van der Waals surface area contributed by atoms with E-state index in [1.54, 1.807) is 0 Å². The van der Waals surface area contributed by atoms with E-state index in [4.69, 9.17) is 0 Å². The molecule has 0 bridgehead atoms. The molecule has 1 aromatic carbocycles. The van der Waals surface area contributed by atoms with Crippen LogP contribution in [0.4, 0.5) is 5.69 Å². The fraction of sp³-hybridized carbons (Fsp3) is 0.375. The van der Waals surface area contributed by atoms with E-state index in [1.807, 2.05) is 6.92 Å². The number of anilines is 1. The van der Waals surface area contributed by atoms with Crippen molar-refractivity contribution >= 4 is 16.6 Å². The lowest BCUT2D eigenvalue weighted by molar-refractivity contribution is 0.261. The smallest absolute Gasteiger partial charge is 0.0726 e. The van der Waals surface area contributed by atoms with Crippen LogP contribution >= 0.6 is 0 Å². The summed E-state index contributed by atoms with van der Waals surface area (Å²) in [7, 11) is 4.07. The summed E-state index contributed by atoms with van der Waals surface area (Å²) >= 11 is 0. The minimum absolute atomic E-state index is 0.488.